The van der Waals surface area contributed by atoms with Crippen molar-refractivity contribution in [2.45, 2.75) is 6.42 Å². The highest BCUT2D eigenvalue weighted by Gasteiger charge is 2.06. The van der Waals surface area contributed by atoms with Gasteiger partial charge in [0.1, 0.15) is 0 Å². The molecule has 0 aliphatic rings. The zero-order chi connectivity index (χ0) is 12.8. The van der Waals surface area contributed by atoms with Crippen molar-refractivity contribution in [1.82, 2.24) is 4.98 Å². The highest BCUT2D eigenvalue weighted by molar-refractivity contribution is 5.98. The Labute approximate surface area is 106 Å². The molecule has 0 spiro atoms. The Morgan fingerprint density at radius 3 is 2.72 bits per heavy atom. The van der Waals surface area contributed by atoms with Crippen molar-refractivity contribution in [2.24, 2.45) is 5.73 Å². The lowest BCUT2D eigenvalue weighted by Gasteiger charge is -2.09. The van der Waals surface area contributed by atoms with Crippen molar-refractivity contribution in [1.29, 1.82) is 0 Å². The van der Waals surface area contributed by atoms with E-state index in [-0.39, 0.29) is 0 Å². The third-order valence-electron chi connectivity index (χ3n) is 2.66. The van der Waals surface area contributed by atoms with E-state index < -0.39 is 5.91 Å². The van der Waals surface area contributed by atoms with E-state index in [0.717, 1.165) is 18.7 Å². The van der Waals surface area contributed by atoms with E-state index in [1.165, 1.54) is 11.8 Å². The number of anilines is 1. The van der Waals surface area contributed by atoms with Crippen molar-refractivity contribution in [2.75, 3.05) is 11.9 Å². The molecule has 0 radical (unpaired) electrons. The van der Waals surface area contributed by atoms with Gasteiger partial charge in [0.25, 0.3) is 5.91 Å². The minimum atomic E-state index is -0.467. The lowest BCUT2D eigenvalue weighted by atomic mass is 10.1. The average Bonchev–Trinajstić information content (AvgIpc) is 2.40. The number of amides is 1. The number of nitrogens with one attached hydrogen (secondary N) is 1. The molecule has 0 saturated carbocycles. The van der Waals surface area contributed by atoms with E-state index in [9.17, 15) is 4.79 Å². The number of primary amides is 1. The van der Waals surface area contributed by atoms with Gasteiger partial charge >= 0.3 is 0 Å². The second kappa shape index (κ2) is 5.82. The molecule has 3 N–H and O–H groups in total. The first-order chi connectivity index (χ1) is 8.77. The number of pyridine rings is 1. The van der Waals surface area contributed by atoms with E-state index in [1.54, 1.807) is 12.3 Å². The predicted molar refractivity (Wildman–Crippen MR) is 71.4 cm³/mol. The SMILES string of the molecule is NC(=O)c1cnccc1NCCc1ccccc1. The van der Waals surface area contributed by atoms with Crippen molar-refractivity contribution in [3.05, 3.63) is 59.9 Å². The fraction of sp³-hybridized carbons (Fsp3) is 0.143. The maximum absolute atomic E-state index is 11.2. The minimum Gasteiger partial charge on any atom is -0.384 e. The van der Waals surface area contributed by atoms with E-state index >= 15 is 0 Å². The molecule has 18 heavy (non-hydrogen) atoms. The average molecular weight is 241 g/mol. The molecule has 0 fully saturated rings. The lowest BCUT2D eigenvalue weighted by Crippen LogP contribution is -2.15. The summed E-state index contributed by atoms with van der Waals surface area (Å²) in [4.78, 5) is 15.1. The van der Waals surface area contributed by atoms with Crippen LogP contribution in [0.1, 0.15) is 15.9 Å². The Morgan fingerprint density at radius 2 is 2.00 bits per heavy atom. The minimum absolute atomic E-state index is 0.422. The van der Waals surface area contributed by atoms with Crippen LogP contribution in [-0.2, 0) is 6.42 Å². The number of aromatic nitrogens is 1. The molecule has 2 rings (SSSR count). The largest absolute Gasteiger partial charge is 0.384 e. The number of rotatable bonds is 5. The number of carbonyl (C=O) groups excluding carboxylic acids is 1. The van der Waals surface area contributed by atoms with Crippen molar-refractivity contribution >= 4 is 11.6 Å². The van der Waals surface area contributed by atoms with Gasteiger partial charge in [0, 0.05) is 18.9 Å². The Balaban J connectivity index is 1.97. The molecule has 0 aliphatic carbocycles. The Kier molecular flexibility index (Phi) is 3.91. The molecule has 0 unspecified atom stereocenters. The zero-order valence-corrected chi connectivity index (χ0v) is 9.97. The van der Waals surface area contributed by atoms with Gasteiger partial charge in [-0.25, -0.2) is 0 Å². The molecule has 0 atom stereocenters. The van der Waals surface area contributed by atoms with Gasteiger partial charge in [-0.3, -0.25) is 9.78 Å². The van der Waals surface area contributed by atoms with Crippen LogP contribution in [0.3, 0.4) is 0 Å². The van der Waals surface area contributed by atoms with Gasteiger partial charge in [-0.05, 0) is 18.1 Å². The van der Waals surface area contributed by atoms with Crippen LogP contribution in [0.5, 0.6) is 0 Å². The van der Waals surface area contributed by atoms with Crippen LogP contribution >= 0.6 is 0 Å². The van der Waals surface area contributed by atoms with Crippen molar-refractivity contribution < 1.29 is 4.79 Å². The van der Waals surface area contributed by atoms with Gasteiger partial charge in [0.2, 0.25) is 0 Å². The zero-order valence-electron chi connectivity index (χ0n) is 9.97. The topological polar surface area (TPSA) is 68.0 Å². The molecule has 4 heteroatoms. The molecule has 2 aromatic rings. The smallest absolute Gasteiger partial charge is 0.252 e. The first kappa shape index (κ1) is 12.1. The van der Waals surface area contributed by atoms with Crippen molar-refractivity contribution in [3.8, 4) is 0 Å². The standard InChI is InChI=1S/C14H15N3O/c15-14(18)12-10-16-8-7-13(12)17-9-6-11-4-2-1-3-5-11/h1-5,7-8,10H,6,9H2,(H2,15,18)(H,16,17). The number of nitrogens with two attached hydrogens (primary N) is 1. The summed E-state index contributed by atoms with van der Waals surface area (Å²) in [6.45, 7) is 0.744. The summed E-state index contributed by atoms with van der Waals surface area (Å²) >= 11 is 0. The Hall–Kier alpha value is -2.36. The van der Waals surface area contributed by atoms with Crippen LogP contribution in [0.25, 0.3) is 0 Å². The fourth-order valence-corrected chi connectivity index (χ4v) is 1.73. The molecule has 0 saturated heterocycles. The number of hydrogen-bond acceptors (Lipinski definition) is 3. The number of carbonyl (C=O) groups is 1. The molecule has 1 amide bonds. The van der Waals surface area contributed by atoms with E-state index in [4.69, 9.17) is 5.73 Å². The molecule has 1 aromatic heterocycles. The summed E-state index contributed by atoms with van der Waals surface area (Å²) in [7, 11) is 0. The van der Waals surface area contributed by atoms with E-state index in [0.29, 0.717) is 5.56 Å². The summed E-state index contributed by atoms with van der Waals surface area (Å²) in [5, 5.41) is 3.20. The number of nitrogens with zero attached hydrogens (tertiary/aromatic N) is 1. The van der Waals surface area contributed by atoms with Crippen molar-refractivity contribution in [3.63, 3.8) is 0 Å². The van der Waals surface area contributed by atoms with Gasteiger partial charge < -0.3 is 11.1 Å². The van der Waals surface area contributed by atoms with Gasteiger partial charge in [-0.1, -0.05) is 30.3 Å². The first-order valence-electron chi connectivity index (χ1n) is 5.79. The van der Waals surface area contributed by atoms with Gasteiger partial charge in [-0.2, -0.15) is 0 Å². The van der Waals surface area contributed by atoms with Crippen LogP contribution < -0.4 is 11.1 Å². The maximum atomic E-state index is 11.2. The second-order valence-electron chi connectivity index (χ2n) is 3.95. The van der Waals surface area contributed by atoms with Gasteiger partial charge in [0.15, 0.2) is 0 Å². The second-order valence-corrected chi connectivity index (χ2v) is 3.95. The number of benzene rings is 1. The van der Waals surface area contributed by atoms with E-state index in [2.05, 4.69) is 22.4 Å². The fourth-order valence-electron chi connectivity index (χ4n) is 1.73. The third kappa shape index (κ3) is 3.07. The Morgan fingerprint density at radius 1 is 1.22 bits per heavy atom. The summed E-state index contributed by atoms with van der Waals surface area (Å²) in [6, 6.07) is 11.9. The third-order valence-corrected chi connectivity index (χ3v) is 2.66. The summed E-state index contributed by atoms with van der Waals surface area (Å²) < 4.78 is 0. The summed E-state index contributed by atoms with van der Waals surface area (Å²) in [6.07, 6.45) is 4.01. The molecule has 1 aromatic carbocycles. The molecule has 1 heterocycles. The van der Waals surface area contributed by atoms with Crippen LogP contribution in [-0.4, -0.2) is 17.4 Å². The summed E-state index contributed by atoms with van der Waals surface area (Å²) in [5.74, 6) is -0.467. The first-order valence-corrected chi connectivity index (χ1v) is 5.79. The van der Waals surface area contributed by atoms with Crippen LogP contribution in [0.15, 0.2) is 48.8 Å². The highest BCUT2D eigenvalue weighted by atomic mass is 16.1. The molecule has 0 aliphatic heterocycles. The Bertz CT molecular complexity index is 526. The molecule has 4 nitrogen and oxygen atoms in total. The van der Waals surface area contributed by atoms with E-state index in [1.807, 2.05) is 18.2 Å². The van der Waals surface area contributed by atoms with Gasteiger partial charge in [0.05, 0.1) is 11.3 Å². The molecule has 0 bridgehead atoms. The van der Waals surface area contributed by atoms with Gasteiger partial charge in [-0.15, -0.1) is 0 Å². The highest BCUT2D eigenvalue weighted by Crippen LogP contribution is 2.12. The van der Waals surface area contributed by atoms with Crippen LogP contribution in [0, 0.1) is 0 Å². The van der Waals surface area contributed by atoms with Crippen LogP contribution in [0.4, 0.5) is 5.69 Å². The maximum Gasteiger partial charge on any atom is 0.252 e. The quantitative estimate of drug-likeness (QED) is 0.839. The number of hydrogen-bond donors (Lipinski definition) is 2. The molecular formula is C14H15N3O. The predicted octanol–water partition coefficient (Wildman–Crippen LogP) is 1.84. The summed E-state index contributed by atoms with van der Waals surface area (Å²) in [5.41, 5.74) is 7.68. The van der Waals surface area contributed by atoms with Crippen LogP contribution in [0.2, 0.25) is 0 Å². The molecular weight excluding hydrogens is 226 g/mol. The monoisotopic (exact) mass is 241 g/mol. The lowest BCUT2D eigenvalue weighted by molar-refractivity contribution is 0.100. The molecule has 92 valence electrons. The normalized spacial score (nSPS) is 10.0.